The number of halogens is 4. The standard InChI is InChI=1S/C9H13N.4ClH/c1-10(2)8-9-6-4-3-5-7-9;;;;/h3-7H,8H2,1-2H3;4*1H. The Morgan fingerprint density at radius 3 is 1.64 bits per heavy atom. The average molecular weight is 281 g/mol. The maximum atomic E-state index is 2.16. The fraction of sp³-hybridized carbons (Fsp3) is 0.333. The van der Waals surface area contributed by atoms with Crippen LogP contribution in [0.15, 0.2) is 30.3 Å². The van der Waals surface area contributed by atoms with Crippen LogP contribution in [-0.4, -0.2) is 19.0 Å². The molecule has 0 unspecified atom stereocenters. The lowest BCUT2D eigenvalue weighted by molar-refractivity contribution is 0.402. The predicted molar refractivity (Wildman–Crippen MR) is 72.8 cm³/mol. The summed E-state index contributed by atoms with van der Waals surface area (Å²) in [4.78, 5) is 2.16. The number of hydrogen-bond acceptors (Lipinski definition) is 1. The van der Waals surface area contributed by atoms with Crippen LogP contribution in [0.25, 0.3) is 0 Å². The molecule has 0 aliphatic heterocycles. The van der Waals surface area contributed by atoms with Crippen LogP contribution in [0.3, 0.4) is 0 Å². The van der Waals surface area contributed by atoms with E-state index in [9.17, 15) is 0 Å². The summed E-state index contributed by atoms with van der Waals surface area (Å²) in [5.74, 6) is 0. The Morgan fingerprint density at radius 1 is 0.857 bits per heavy atom. The second kappa shape index (κ2) is 13.3. The van der Waals surface area contributed by atoms with Gasteiger partial charge in [-0.15, -0.1) is 49.6 Å². The summed E-state index contributed by atoms with van der Waals surface area (Å²) in [6.07, 6.45) is 0. The summed E-state index contributed by atoms with van der Waals surface area (Å²) >= 11 is 0. The highest BCUT2D eigenvalue weighted by Crippen LogP contribution is 1.99. The van der Waals surface area contributed by atoms with Gasteiger partial charge in [0.15, 0.2) is 0 Å². The number of rotatable bonds is 2. The molecule has 0 saturated carbocycles. The van der Waals surface area contributed by atoms with Gasteiger partial charge in [0, 0.05) is 6.54 Å². The molecule has 14 heavy (non-hydrogen) atoms. The Bertz CT molecular complexity index is 191. The third kappa shape index (κ3) is 10.4. The van der Waals surface area contributed by atoms with Crippen LogP contribution in [0.1, 0.15) is 5.56 Å². The van der Waals surface area contributed by atoms with Gasteiger partial charge in [-0.05, 0) is 19.7 Å². The first-order valence-electron chi connectivity index (χ1n) is 3.47. The van der Waals surface area contributed by atoms with E-state index in [0.29, 0.717) is 0 Å². The highest BCUT2D eigenvalue weighted by molar-refractivity contribution is 5.86. The van der Waals surface area contributed by atoms with Gasteiger partial charge in [0.25, 0.3) is 0 Å². The first-order chi connectivity index (χ1) is 4.79. The van der Waals surface area contributed by atoms with Gasteiger partial charge >= 0.3 is 0 Å². The zero-order chi connectivity index (χ0) is 7.40. The van der Waals surface area contributed by atoms with Crippen molar-refractivity contribution < 1.29 is 0 Å². The van der Waals surface area contributed by atoms with Crippen molar-refractivity contribution in [3.05, 3.63) is 35.9 Å². The SMILES string of the molecule is CN(C)Cc1ccccc1.Cl.Cl.Cl.Cl. The van der Waals surface area contributed by atoms with Crippen molar-refractivity contribution in [3.63, 3.8) is 0 Å². The molecule has 0 aliphatic carbocycles. The van der Waals surface area contributed by atoms with Gasteiger partial charge < -0.3 is 4.90 Å². The van der Waals surface area contributed by atoms with Crippen LogP contribution in [0.4, 0.5) is 0 Å². The molecule has 1 rings (SSSR count). The molecule has 0 amide bonds. The van der Waals surface area contributed by atoms with E-state index >= 15 is 0 Å². The van der Waals surface area contributed by atoms with E-state index in [1.165, 1.54) is 5.56 Å². The zero-order valence-corrected chi connectivity index (χ0v) is 11.4. The first-order valence-corrected chi connectivity index (χ1v) is 3.47. The molecule has 0 radical (unpaired) electrons. The van der Waals surface area contributed by atoms with Crippen LogP contribution < -0.4 is 0 Å². The highest BCUT2D eigenvalue weighted by atomic mass is 35.5. The predicted octanol–water partition coefficient (Wildman–Crippen LogP) is 3.44. The van der Waals surface area contributed by atoms with Gasteiger partial charge in [0.2, 0.25) is 0 Å². The van der Waals surface area contributed by atoms with Crippen molar-refractivity contribution in [1.82, 2.24) is 4.90 Å². The minimum atomic E-state index is 0. The molecule has 1 aromatic rings. The molecule has 0 fully saturated rings. The van der Waals surface area contributed by atoms with E-state index < -0.39 is 0 Å². The Kier molecular flexibility index (Phi) is 22.7. The highest BCUT2D eigenvalue weighted by Gasteiger charge is 1.90. The van der Waals surface area contributed by atoms with Crippen LogP contribution in [-0.2, 0) is 6.54 Å². The fourth-order valence-corrected chi connectivity index (χ4v) is 0.949. The molecule has 1 aromatic carbocycles. The van der Waals surface area contributed by atoms with Crippen molar-refractivity contribution in [1.29, 1.82) is 0 Å². The maximum absolute atomic E-state index is 2.16. The Labute approximate surface area is 111 Å². The van der Waals surface area contributed by atoms with Gasteiger partial charge in [-0.2, -0.15) is 0 Å². The smallest absolute Gasteiger partial charge is 0.0227 e. The molecular weight excluding hydrogens is 264 g/mol. The topological polar surface area (TPSA) is 3.24 Å². The molecule has 0 bridgehead atoms. The zero-order valence-electron chi connectivity index (χ0n) is 8.17. The van der Waals surface area contributed by atoms with E-state index in [1.807, 2.05) is 6.07 Å². The van der Waals surface area contributed by atoms with Gasteiger partial charge in [-0.1, -0.05) is 30.3 Å². The van der Waals surface area contributed by atoms with E-state index in [0.717, 1.165) is 6.54 Å². The minimum absolute atomic E-state index is 0. The van der Waals surface area contributed by atoms with E-state index in [2.05, 4.69) is 43.3 Å². The third-order valence-corrected chi connectivity index (χ3v) is 1.34. The first kappa shape index (κ1) is 23.9. The molecule has 1 nitrogen and oxygen atoms in total. The molecule has 0 aromatic heterocycles. The lowest BCUT2D eigenvalue weighted by Crippen LogP contribution is -2.10. The van der Waals surface area contributed by atoms with E-state index in [4.69, 9.17) is 0 Å². The molecular formula is C9H17Cl4N. The van der Waals surface area contributed by atoms with Crippen LogP contribution in [0.2, 0.25) is 0 Å². The second-order valence-electron chi connectivity index (χ2n) is 2.72. The summed E-state index contributed by atoms with van der Waals surface area (Å²) in [5, 5.41) is 0. The van der Waals surface area contributed by atoms with Crippen LogP contribution in [0, 0.1) is 0 Å². The average Bonchev–Trinajstić information content (AvgIpc) is 1.88. The van der Waals surface area contributed by atoms with Gasteiger partial charge in [0.1, 0.15) is 0 Å². The number of hydrogen-bond donors (Lipinski definition) is 0. The Hall–Kier alpha value is 0.340. The van der Waals surface area contributed by atoms with Crippen molar-refractivity contribution in [3.8, 4) is 0 Å². The maximum Gasteiger partial charge on any atom is 0.0227 e. The second-order valence-corrected chi connectivity index (χ2v) is 2.72. The Morgan fingerprint density at radius 2 is 1.29 bits per heavy atom. The fourth-order valence-electron chi connectivity index (χ4n) is 0.949. The molecule has 0 heterocycles. The van der Waals surface area contributed by atoms with Gasteiger partial charge in [-0.25, -0.2) is 0 Å². The number of benzene rings is 1. The van der Waals surface area contributed by atoms with Gasteiger partial charge in [0.05, 0.1) is 0 Å². The molecule has 0 saturated heterocycles. The van der Waals surface area contributed by atoms with Gasteiger partial charge in [-0.3, -0.25) is 0 Å². The van der Waals surface area contributed by atoms with Crippen molar-refractivity contribution in [2.24, 2.45) is 0 Å². The summed E-state index contributed by atoms with van der Waals surface area (Å²) < 4.78 is 0. The van der Waals surface area contributed by atoms with E-state index in [-0.39, 0.29) is 49.6 Å². The molecule has 0 N–H and O–H groups in total. The third-order valence-electron chi connectivity index (χ3n) is 1.34. The number of nitrogens with zero attached hydrogens (tertiary/aromatic N) is 1. The van der Waals surface area contributed by atoms with Crippen molar-refractivity contribution in [2.45, 2.75) is 6.54 Å². The lowest BCUT2D eigenvalue weighted by Gasteiger charge is -2.08. The van der Waals surface area contributed by atoms with Crippen molar-refractivity contribution >= 4 is 49.6 Å². The molecule has 0 atom stereocenters. The molecule has 0 aliphatic rings. The van der Waals surface area contributed by atoms with Crippen LogP contribution >= 0.6 is 49.6 Å². The summed E-state index contributed by atoms with van der Waals surface area (Å²) in [5.41, 5.74) is 1.37. The lowest BCUT2D eigenvalue weighted by atomic mass is 10.2. The van der Waals surface area contributed by atoms with E-state index in [1.54, 1.807) is 0 Å². The summed E-state index contributed by atoms with van der Waals surface area (Å²) in [6.45, 7) is 1.03. The summed E-state index contributed by atoms with van der Waals surface area (Å²) in [7, 11) is 4.15. The van der Waals surface area contributed by atoms with Crippen LogP contribution in [0.5, 0.6) is 0 Å². The quantitative estimate of drug-likeness (QED) is 0.802. The molecule has 86 valence electrons. The normalized spacial score (nSPS) is 7.36. The monoisotopic (exact) mass is 279 g/mol. The molecule has 5 heteroatoms. The summed E-state index contributed by atoms with van der Waals surface area (Å²) in [6, 6.07) is 10.5. The minimum Gasteiger partial charge on any atom is -0.305 e. The van der Waals surface area contributed by atoms with Crippen molar-refractivity contribution in [2.75, 3.05) is 14.1 Å². The molecule has 0 spiro atoms. The largest absolute Gasteiger partial charge is 0.305 e. The Balaban J connectivity index is -0.000000125.